The number of carbonyl (C=O) groups excluding carboxylic acids is 1. The van der Waals surface area contributed by atoms with Gasteiger partial charge in [-0.05, 0) is 62.8 Å². The van der Waals surface area contributed by atoms with Gasteiger partial charge in [0.15, 0.2) is 5.78 Å². The second kappa shape index (κ2) is 7.96. The van der Waals surface area contributed by atoms with Crippen LogP contribution >= 0.6 is 0 Å². The average Bonchev–Trinajstić information content (AvgIpc) is 2.48. The quantitative estimate of drug-likeness (QED) is 0.741. The normalized spacial score (nSPS) is 22.1. The molecule has 1 heterocycles. The average molecular weight is 316 g/mol. The predicted octanol–water partition coefficient (Wildman–Crippen LogP) is 4.00. The Kier molecular flexibility index (Phi) is 6.23. The molecule has 0 N–H and O–H groups in total. The number of carbonyl (C=O) groups is 1. The standard InChI is InChI=1S/C20H32N2O/c1-6-22(7-2)19-9-8-18(11-17(19)5)20(23)14-21-12-15(3)10-16(4)13-21/h8-9,11,15-16H,6-7,10,12-14H2,1-5H3. The van der Waals surface area contributed by atoms with E-state index < -0.39 is 0 Å². The van der Waals surface area contributed by atoms with Crippen LogP contribution in [-0.4, -0.2) is 43.4 Å². The van der Waals surface area contributed by atoms with Gasteiger partial charge in [0.25, 0.3) is 0 Å². The number of Topliss-reactive ketones (excluding diaryl/α,β-unsaturated/α-hetero) is 1. The molecule has 2 unspecified atom stereocenters. The van der Waals surface area contributed by atoms with E-state index in [1.54, 1.807) is 0 Å². The zero-order chi connectivity index (χ0) is 17.0. The number of piperidine rings is 1. The minimum absolute atomic E-state index is 0.250. The van der Waals surface area contributed by atoms with E-state index in [0.29, 0.717) is 18.4 Å². The number of rotatable bonds is 6. The first-order valence-electron chi connectivity index (χ1n) is 9.05. The van der Waals surface area contributed by atoms with Crippen molar-refractivity contribution < 1.29 is 4.79 Å². The van der Waals surface area contributed by atoms with E-state index in [9.17, 15) is 4.79 Å². The molecule has 128 valence electrons. The molecular formula is C20H32N2O. The number of hydrogen-bond donors (Lipinski definition) is 0. The molecule has 0 radical (unpaired) electrons. The Labute approximate surface area is 141 Å². The maximum absolute atomic E-state index is 12.6. The molecule has 2 rings (SSSR count). The van der Waals surface area contributed by atoms with E-state index in [1.165, 1.54) is 17.7 Å². The van der Waals surface area contributed by atoms with Crippen LogP contribution in [0.3, 0.4) is 0 Å². The topological polar surface area (TPSA) is 23.6 Å². The van der Waals surface area contributed by atoms with E-state index in [0.717, 1.165) is 31.7 Å². The number of aryl methyl sites for hydroxylation is 1. The number of ketones is 1. The zero-order valence-electron chi connectivity index (χ0n) is 15.4. The molecule has 1 aromatic rings. The fourth-order valence-electron chi connectivity index (χ4n) is 3.96. The molecule has 0 amide bonds. The van der Waals surface area contributed by atoms with E-state index >= 15 is 0 Å². The van der Waals surface area contributed by atoms with Crippen LogP contribution in [0.4, 0.5) is 5.69 Å². The van der Waals surface area contributed by atoms with Crippen molar-refractivity contribution in [1.82, 2.24) is 4.90 Å². The van der Waals surface area contributed by atoms with Gasteiger partial charge in [-0.2, -0.15) is 0 Å². The van der Waals surface area contributed by atoms with Gasteiger partial charge in [-0.1, -0.05) is 13.8 Å². The summed E-state index contributed by atoms with van der Waals surface area (Å²) < 4.78 is 0. The lowest BCUT2D eigenvalue weighted by molar-refractivity contribution is 0.0849. The summed E-state index contributed by atoms with van der Waals surface area (Å²) in [6, 6.07) is 6.17. The van der Waals surface area contributed by atoms with Gasteiger partial charge in [0.1, 0.15) is 0 Å². The molecule has 1 aliphatic heterocycles. The number of nitrogens with zero attached hydrogens (tertiary/aromatic N) is 2. The van der Waals surface area contributed by atoms with Crippen LogP contribution in [-0.2, 0) is 0 Å². The molecule has 1 aromatic carbocycles. The lowest BCUT2D eigenvalue weighted by atomic mass is 9.91. The zero-order valence-corrected chi connectivity index (χ0v) is 15.4. The number of likely N-dealkylation sites (tertiary alicyclic amines) is 1. The molecule has 2 atom stereocenters. The summed E-state index contributed by atoms with van der Waals surface area (Å²) in [7, 11) is 0. The van der Waals surface area contributed by atoms with Crippen molar-refractivity contribution >= 4 is 11.5 Å². The molecule has 0 aromatic heterocycles. The van der Waals surface area contributed by atoms with Gasteiger partial charge in [0, 0.05) is 37.4 Å². The molecular weight excluding hydrogens is 284 g/mol. The highest BCUT2D eigenvalue weighted by molar-refractivity contribution is 5.98. The van der Waals surface area contributed by atoms with Crippen LogP contribution in [0.1, 0.15) is 50.0 Å². The summed E-state index contributed by atoms with van der Waals surface area (Å²) in [6.45, 7) is 15.7. The summed E-state index contributed by atoms with van der Waals surface area (Å²) in [4.78, 5) is 17.3. The summed E-state index contributed by atoms with van der Waals surface area (Å²) >= 11 is 0. The van der Waals surface area contributed by atoms with Crippen LogP contribution in [0, 0.1) is 18.8 Å². The third kappa shape index (κ3) is 4.57. The van der Waals surface area contributed by atoms with Crippen LogP contribution in [0.15, 0.2) is 18.2 Å². The van der Waals surface area contributed by atoms with Crippen molar-refractivity contribution in [2.24, 2.45) is 11.8 Å². The van der Waals surface area contributed by atoms with E-state index in [2.05, 4.69) is 56.6 Å². The van der Waals surface area contributed by atoms with Crippen molar-refractivity contribution in [1.29, 1.82) is 0 Å². The molecule has 3 heteroatoms. The highest BCUT2D eigenvalue weighted by atomic mass is 16.1. The SMILES string of the molecule is CCN(CC)c1ccc(C(=O)CN2CC(C)CC(C)C2)cc1C. The van der Waals surface area contributed by atoms with Gasteiger partial charge < -0.3 is 4.90 Å². The third-order valence-corrected chi connectivity index (χ3v) is 4.93. The first-order chi connectivity index (χ1) is 10.9. The van der Waals surface area contributed by atoms with Gasteiger partial charge in [0.05, 0.1) is 6.54 Å². The molecule has 0 aliphatic carbocycles. The number of benzene rings is 1. The Bertz CT molecular complexity index is 526. The Morgan fingerprint density at radius 1 is 1.17 bits per heavy atom. The maximum Gasteiger partial charge on any atom is 0.176 e. The lowest BCUT2D eigenvalue weighted by Crippen LogP contribution is -2.41. The smallest absolute Gasteiger partial charge is 0.176 e. The van der Waals surface area contributed by atoms with Crippen LogP contribution in [0.2, 0.25) is 0 Å². The van der Waals surface area contributed by atoms with Crippen molar-refractivity contribution in [2.45, 2.75) is 41.0 Å². The van der Waals surface area contributed by atoms with E-state index in [4.69, 9.17) is 0 Å². The van der Waals surface area contributed by atoms with Gasteiger partial charge in [-0.3, -0.25) is 9.69 Å². The number of anilines is 1. The van der Waals surface area contributed by atoms with Gasteiger partial charge >= 0.3 is 0 Å². The summed E-state index contributed by atoms with van der Waals surface area (Å²) in [6.07, 6.45) is 1.28. The van der Waals surface area contributed by atoms with E-state index in [1.807, 2.05) is 6.07 Å². The monoisotopic (exact) mass is 316 g/mol. The number of hydrogen-bond acceptors (Lipinski definition) is 3. The Morgan fingerprint density at radius 3 is 2.30 bits per heavy atom. The first kappa shape index (κ1) is 18.0. The molecule has 23 heavy (non-hydrogen) atoms. The second-order valence-electron chi connectivity index (χ2n) is 7.24. The lowest BCUT2D eigenvalue weighted by Gasteiger charge is -2.34. The summed E-state index contributed by atoms with van der Waals surface area (Å²) in [5.74, 6) is 1.64. The molecule has 1 aliphatic rings. The highest BCUT2D eigenvalue weighted by Gasteiger charge is 2.23. The van der Waals surface area contributed by atoms with Gasteiger partial charge in [0.2, 0.25) is 0 Å². The highest BCUT2D eigenvalue weighted by Crippen LogP contribution is 2.23. The van der Waals surface area contributed by atoms with Crippen LogP contribution in [0.5, 0.6) is 0 Å². The summed E-state index contributed by atoms with van der Waals surface area (Å²) in [5, 5.41) is 0. The third-order valence-electron chi connectivity index (χ3n) is 4.93. The molecule has 3 nitrogen and oxygen atoms in total. The van der Waals surface area contributed by atoms with Gasteiger partial charge in [-0.15, -0.1) is 0 Å². The van der Waals surface area contributed by atoms with Crippen LogP contribution < -0.4 is 4.90 Å². The molecule has 0 bridgehead atoms. The van der Waals surface area contributed by atoms with Gasteiger partial charge in [-0.25, -0.2) is 0 Å². The van der Waals surface area contributed by atoms with Crippen molar-refractivity contribution in [3.8, 4) is 0 Å². The fraction of sp³-hybridized carbons (Fsp3) is 0.650. The van der Waals surface area contributed by atoms with Crippen molar-refractivity contribution in [3.05, 3.63) is 29.3 Å². The molecule has 0 spiro atoms. The van der Waals surface area contributed by atoms with Crippen molar-refractivity contribution in [2.75, 3.05) is 37.6 Å². The Hall–Kier alpha value is -1.35. The predicted molar refractivity (Wildman–Crippen MR) is 98.5 cm³/mol. The largest absolute Gasteiger partial charge is 0.372 e. The maximum atomic E-state index is 12.6. The minimum Gasteiger partial charge on any atom is -0.372 e. The first-order valence-corrected chi connectivity index (χ1v) is 9.05. The summed E-state index contributed by atoms with van der Waals surface area (Å²) in [5.41, 5.74) is 3.29. The fourth-order valence-corrected chi connectivity index (χ4v) is 3.96. The second-order valence-corrected chi connectivity index (χ2v) is 7.24. The molecule has 0 saturated carbocycles. The molecule has 1 fully saturated rings. The Morgan fingerprint density at radius 2 is 1.78 bits per heavy atom. The van der Waals surface area contributed by atoms with Crippen LogP contribution in [0.25, 0.3) is 0 Å². The molecule has 1 saturated heterocycles. The van der Waals surface area contributed by atoms with Crippen molar-refractivity contribution in [3.63, 3.8) is 0 Å². The van der Waals surface area contributed by atoms with E-state index in [-0.39, 0.29) is 5.78 Å². The Balaban J connectivity index is 2.06. The minimum atomic E-state index is 0.250.